The quantitative estimate of drug-likeness (QED) is 0.650. The molecule has 0 aromatic heterocycles. The molecule has 0 fully saturated rings. The molecule has 3 rings (SSSR count). The fraction of sp³-hybridized carbons (Fsp3) is 0.174. The van der Waals surface area contributed by atoms with Gasteiger partial charge in [-0.05, 0) is 52.6 Å². The van der Waals surface area contributed by atoms with Gasteiger partial charge in [-0.25, -0.2) is 4.58 Å². The Morgan fingerprint density at radius 2 is 1.46 bits per heavy atom. The SMILES string of the molecule is COc1ccc(C(=C2C=CC(=[N+](C)C)C=C2)c2ccccc2C(F)(F)F)cc1. The van der Waals surface area contributed by atoms with Gasteiger partial charge in [0.1, 0.15) is 19.8 Å². The number of benzene rings is 2. The lowest BCUT2D eigenvalue weighted by Crippen LogP contribution is -2.11. The molecule has 1 aliphatic rings. The summed E-state index contributed by atoms with van der Waals surface area (Å²) in [6.07, 6.45) is 3.05. The predicted molar refractivity (Wildman–Crippen MR) is 106 cm³/mol. The lowest BCUT2D eigenvalue weighted by molar-refractivity contribution is -0.462. The first-order valence-corrected chi connectivity index (χ1v) is 8.77. The van der Waals surface area contributed by atoms with Gasteiger partial charge in [-0.15, -0.1) is 0 Å². The van der Waals surface area contributed by atoms with Gasteiger partial charge in [0.2, 0.25) is 0 Å². The van der Waals surface area contributed by atoms with E-state index in [-0.39, 0.29) is 5.56 Å². The van der Waals surface area contributed by atoms with E-state index in [0.29, 0.717) is 22.5 Å². The Morgan fingerprint density at radius 3 is 2.00 bits per heavy atom. The molecule has 5 heteroatoms. The highest BCUT2D eigenvalue weighted by molar-refractivity contribution is 6.04. The molecule has 2 aromatic rings. The fourth-order valence-electron chi connectivity index (χ4n) is 3.11. The second kappa shape index (κ2) is 7.89. The van der Waals surface area contributed by atoms with E-state index in [9.17, 15) is 13.2 Å². The van der Waals surface area contributed by atoms with Crippen LogP contribution in [0.4, 0.5) is 13.2 Å². The molecule has 0 unspecified atom stereocenters. The molecule has 0 atom stereocenters. The Morgan fingerprint density at radius 1 is 0.857 bits per heavy atom. The molecule has 2 nitrogen and oxygen atoms in total. The van der Waals surface area contributed by atoms with Gasteiger partial charge < -0.3 is 4.74 Å². The molecule has 0 heterocycles. The van der Waals surface area contributed by atoms with Gasteiger partial charge in [-0.1, -0.05) is 30.3 Å². The first kappa shape index (κ1) is 19.7. The number of methoxy groups -OCH3 is 1. The third kappa shape index (κ3) is 4.09. The molecule has 0 aliphatic heterocycles. The Balaban J connectivity index is 2.26. The van der Waals surface area contributed by atoms with E-state index in [4.69, 9.17) is 4.74 Å². The van der Waals surface area contributed by atoms with Gasteiger partial charge in [-0.2, -0.15) is 13.2 Å². The van der Waals surface area contributed by atoms with Crippen LogP contribution in [0.5, 0.6) is 5.75 Å². The number of allylic oxidation sites excluding steroid dienone is 5. The largest absolute Gasteiger partial charge is 0.497 e. The maximum atomic E-state index is 13.7. The van der Waals surface area contributed by atoms with E-state index in [0.717, 1.165) is 11.8 Å². The smallest absolute Gasteiger partial charge is 0.417 e. The van der Waals surface area contributed by atoms with Crippen LogP contribution in [0.15, 0.2) is 78.4 Å². The Kier molecular flexibility index (Phi) is 5.54. The topological polar surface area (TPSA) is 12.2 Å². The number of hydrogen-bond acceptors (Lipinski definition) is 1. The van der Waals surface area contributed by atoms with Crippen molar-refractivity contribution in [2.24, 2.45) is 0 Å². The summed E-state index contributed by atoms with van der Waals surface area (Å²) in [7, 11) is 5.39. The molecule has 0 saturated heterocycles. The van der Waals surface area contributed by atoms with Crippen molar-refractivity contribution in [1.29, 1.82) is 0 Å². The molecule has 0 bridgehead atoms. The molecule has 0 amide bonds. The van der Waals surface area contributed by atoms with Gasteiger partial charge in [0, 0.05) is 12.2 Å². The fourth-order valence-corrected chi connectivity index (χ4v) is 3.11. The lowest BCUT2D eigenvalue weighted by Gasteiger charge is -2.18. The monoisotopic (exact) mass is 384 g/mol. The highest BCUT2D eigenvalue weighted by atomic mass is 19.4. The Labute approximate surface area is 162 Å². The van der Waals surface area contributed by atoms with Crippen LogP contribution < -0.4 is 4.74 Å². The van der Waals surface area contributed by atoms with E-state index in [1.807, 2.05) is 43.0 Å². The van der Waals surface area contributed by atoms with Crippen molar-refractivity contribution in [2.45, 2.75) is 6.18 Å². The van der Waals surface area contributed by atoms with Crippen molar-refractivity contribution in [3.8, 4) is 5.75 Å². The number of ether oxygens (including phenoxy) is 1. The predicted octanol–water partition coefficient (Wildman–Crippen LogP) is 5.36. The molecule has 0 N–H and O–H groups in total. The Hall–Kier alpha value is -3.08. The summed E-state index contributed by atoms with van der Waals surface area (Å²) >= 11 is 0. The number of halogens is 3. The zero-order valence-electron chi connectivity index (χ0n) is 15.9. The van der Waals surface area contributed by atoms with Crippen LogP contribution in [-0.4, -0.2) is 31.5 Å². The maximum Gasteiger partial charge on any atom is 0.417 e. The van der Waals surface area contributed by atoms with E-state index in [2.05, 4.69) is 0 Å². The van der Waals surface area contributed by atoms with Crippen LogP contribution in [0.2, 0.25) is 0 Å². The molecule has 0 radical (unpaired) electrons. The van der Waals surface area contributed by atoms with Crippen LogP contribution in [0.3, 0.4) is 0 Å². The number of rotatable bonds is 3. The highest BCUT2D eigenvalue weighted by Gasteiger charge is 2.34. The van der Waals surface area contributed by atoms with Gasteiger partial charge in [-0.3, -0.25) is 0 Å². The van der Waals surface area contributed by atoms with Gasteiger partial charge in [0.05, 0.1) is 12.7 Å². The molecule has 1 aliphatic carbocycles. The minimum Gasteiger partial charge on any atom is -0.497 e. The second-order valence-electron chi connectivity index (χ2n) is 6.59. The zero-order valence-corrected chi connectivity index (χ0v) is 15.9. The van der Waals surface area contributed by atoms with Crippen LogP contribution >= 0.6 is 0 Å². The average molecular weight is 384 g/mol. The first-order chi connectivity index (χ1) is 13.3. The summed E-state index contributed by atoms with van der Waals surface area (Å²) in [5.41, 5.74) is 2.40. The van der Waals surface area contributed by atoms with E-state index >= 15 is 0 Å². The summed E-state index contributed by atoms with van der Waals surface area (Å²) < 4.78 is 48.2. The van der Waals surface area contributed by atoms with Crippen molar-refractivity contribution in [3.63, 3.8) is 0 Å². The van der Waals surface area contributed by atoms with Crippen LogP contribution in [0.1, 0.15) is 16.7 Å². The van der Waals surface area contributed by atoms with Crippen LogP contribution in [-0.2, 0) is 6.18 Å². The molecule has 0 saturated carbocycles. The lowest BCUT2D eigenvalue weighted by atomic mass is 9.88. The summed E-state index contributed by atoms with van der Waals surface area (Å²) in [6.45, 7) is 0. The van der Waals surface area contributed by atoms with Crippen molar-refractivity contribution >= 4 is 11.3 Å². The van der Waals surface area contributed by atoms with E-state index < -0.39 is 11.7 Å². The minimum atomic E-state index is -4.45. The third-order valence-electron chi connectivity index (χ3n) is 4.55. The van der Waals surface area contributed by atoms with E-state index in [1.54, 1.807) is 37.4 Å². The molecule has 28 heavy (non-hydrogen) atoms. The summed E-state index contributed by atoms with van der Waals surface area (Å²) in [5.74, 6) is 0.648. The zero-order chi connectivity index (χ0) is 20.3. The maximum absolute atomic E-state index is 13.7. The van der Waals surface area contributed by atoms with Crippen LogP contribution in [0, 0.1) is 0 Å². The van der Waals surface area contributed by atoms with Crippen molar-refractivity contribution in [3.05, 3.63) is 95.1 Å². The van der Waals surface area contributed by atoms with Crippen molar-refractivity contribution in [1.82, 2.24) is 0 Å². The van der Waals surface area contributed by atoms with E-state index in [1.165, 1.54) is 12.1 Å². The molecule has 0 spiro atoms. The average Bonchev–Trinajstić information content (AvgIpc) is 2.69. The second-order valence-corrected chi connectivity index (χ2v) is 6.59. The minimum absolute atomic E-state index is 0.151. The molecule has 2 aromatic carbocycles. The van der Waals surface area contributed by atoms with Gasteiger partial charge in [0.15, 0.2) is 5.71 Å². The summed E-state index contributed by atoms with van der Waals surface area (Å²) in [6, 6.07) is 12.7. The number of alkyl halides is 3. The van der Waals surface area contributed by atoms with Gasteiger partial charge in [0.25, 0.3) is 0 Å². The Bertz CT molecular complexity index is 971. The number of nitrogens with zero attached hydrogens (tertiary/aromatic N) is 1. The molecular formula is C23H21F3NO+. The van der Waals surface area contributed by atoms with Gasteiger partial charge >= 0.3 is 6.18 Å². The van der Waals surface area contributed by atoms with Crippen LogP contribution in [0.25, 0.3) is 5.57 Å². The number of hydrogen-bond donors (Lipinski definition) is 0. The summed E-state index contributed by atoms with van der Waals surface area (Å²) in [5, 5.41) is 0. The highest BCUT2D eigenvalue weighted by Crippen LogP contribution is 2.39. The normalized spacial score (nSPS) is 13.6. The molecular weight excluding hydrogens is 363 g/mol. The summed E-state index contributed by atoms with van der Waals surface area (Å²) in [4.78, 5) is 0. The van der Waals surface area contributed by atoms with Crippen molar-refractivity contribution < 1.29 is 22.5 Å². The first-order valence-electron chi connectivity index (χ1n) is 8.77. The third-order valence-corrected chi connectivity index (χ3v) is 4.55. The van der Waals surface area contributed by atoms with Crippen molar-refractivity contribution in [2.75, 3.05) is 21.2 Å². The standard InChI is InChI=1S/C23H21F3NO/c1-27(2)18-12-8-16(9-13-18)22(17-10-14-19(28-3)15-11-17)20-6-4-5-7-21(20)23(24,25)26/h4-15H,1-3H3/q+1. The molecule has 144 valence electrons.